The van der Waals surface area contributed by atoms with E-state index in [9.17, 15) is 0 Å². The molecule has 0 saturated heterocycles. The Bertz CT molecular complexity index is 577. The second-order valence-corrected chi connectivity index (χ2v) is 3.60. The van der Waals surface area contributed by atoms with Crippen LogP contribution in [-0.4, -0.2) is 11.5 Å². The Morgan fingerprint density at radius 3 is 3.06 bits per heavy atom. The van der Waals surface area contributed by atoms with E-state index in [1.807, 2.05) is 42.7 Å². The fourth-order valence-electron chi connectivity index (χ4n) is 1.66. The first-order chi connectivity index (χ1) is 8.42. The Hall–Kier alpha value is -2.32. The summed E-state index contributed by atoms with van der Waals surface area (Å²) in [5, 5.41) is 5.79. The molecule has 1 aromatic heterocycles. The van der Waals surface area contributed by atoms with Gasteiger partial charge < -0.3 is 0 Å². The average molecular weight is 224 g/mol. The number of pyridine rings is 1. The molecule has 84 valence electrons. The van der Waals surface area contributed by atoms with Gasteiger partial charge in [0.05, 0.1) is 0 Å². The van der Waals surface area contributed by atoms with Gasteiger partial charge in [-0.2, -0.15) is 0 Å². The van der Waals surface area contributed by atoms with Crippen LogP contribution in [0, 0.1) is 0 Å². The molecule has 1 aromatic carbocycles. The van der Waals surface area contributed by atoms with Crippen LogP contribution in [-0.2, 0) is 0 Å². The van der Waals surface area contributed by atoms with Crippen LogP contribution < -0.4 is 0 Å². The van der Waals surface area contributed by atoms with E-state index in [4.69, 9.17) is 5.53 Å². The number of fused-ring (bicyclic) bond motifs is 1. The van der Waals surface area contributed by atoms with Gasteiger partial charge in [0, 0.05) is 34.8 Å². The van der Waals surface area contributed by atoms with E-state index < -0.39 is 0 Å². The summed E-state index contributed by atoms with van der Waals surface area (Å²) in [7, 11) is 0. The van der Waals surface area contributed by atoms with Gasteiger partial charge in [-0.3, -0.25) is 4.98 Å². The Labute approximate surface area is 99.2 Å². The summed E-state index contributed by atoms with van der Waals surface area (Å²) in [6.45, 7) is 0.491. The number of hydrogen-bond donors (Lipinski definition) is 0. The zero-order chi connectivity index (χ0) is 11.9. The van der Waals surface area contributed by atoms with Gasteiger partial charge in [0.25, 0.3) is 0 Å². The van der Waals surface area contributed by atoms with Crippen molar-refractivity contribution in [3.8, 4) is 0 Å². The summed E-state index contributed by atoms with van der Waals surface area (Å²) in [5.41, 5.74) is 9.24. The number of aromatic nitrogens is 1. The molecule has 0 aliphatic carbocycles. The molecule has 0 amide bonds. The maximum absolute atomic E-state index is 8.15. The lowest BCUT2D eigenvalue weighted by Crippen LogP contribution is -1.81. The van der Waals surface area contributed by atoms with E-state index in [2.05, 4.69) is 21.1 Å². The SMILES string of the molecule is [N-]=[N+]=NCCC=Cc1cncc2ccccc12. The third-order valence-corrected chi connectivity index (χ3v) is 2.46. The van der Waals surface area contributed by atoms with Crippen molar-refractivity contribution in [3.05, 3.63) is 58.7 Å². The van der Waals surface area contributed by atoms with Crippen molar-refractivity contribution >= 4 is 16.8 Å². The topological polar surface area (TPSA) is 61.7 Å². The highest BCUT2D eigenvalue weighted by Crippen LogP contribution is 2.18. The summed E-state index contributed by atoms with van der Waals surface area (Å²) in [4.78, 5) is 6.90. The molecule has 0 bridgehead atoms. The fraction of sp³-hybridized carbons (Fsp3) is 0.154. The number of rotatable bonds is 4. The third kappa shape index (κ3) is 2.83. The molecule has 17 heavy (non-hydrogen) atoms. The van der Waals surface area contributed by atoms with Crippen molar-refractivity contribution in [2.24, 2.45) is 5.11 Å². The van der Waals surface area contributed by atoms with E-state index in [0.717, 1.165) is 17.4 Å². The summed E-state index contributed by atoms with van der Waals surface area (Å²) >= 11 is 0. The monoisotopic (exact) mass is 224 g/mol. The maximum Gasteiger partial charge on any atom is 0.0346 e. The van der Waals surface area contributed by atoms with E-state index in [1.165, 1.54) is 5.39 Å². The summed E-state index contributed by atoms with van der Waals surface area (Å²) in [6.07, 6.45) is 8.45. The van der Waals surface area contributed by atoms with E-state index in [0.29, 0.717) is 6.54 Å². The predicted octanol–water partition coefficient (Wildman–Crippen LogP) is 3.95. The zero-order valence-electron chi connectivity index (χ0n) is 9.32. The fourth-order valence-corrected chi connectivity index (χ4v) is 1.66. The van der Waals surface area contributed by atoms with E-state index >= 15 is 0 Å². The second kappa shape index (κ2) is 5.68. The molecule has 0 saturated carbocycles. The van der Waals surface area contributed by atoms with Gasteiger partial charge in [0.2, 0.25) is 0 Å². The van der Waals surface area contributed by atoms with Gasteiger partial charge in [-0.05, 0) is 17.3 Å². The van der Waals surface area contributed by atoms with Crippen molar-refractivity contribution in [1.82, 2.24) is 4.98 Å². The minimum absolute atomic E-state index is 0.491. The minimum atomic E-state index is 0.491. The molecule has 0 fully saturated rings. The molecule has 0 N–H and O–H groups in total. The van der Waals surface area contributed by atoms with Crippen molar-refractivity contribution < 1.29 is 0 Å². The molecule has 2 aromatic rings. The molecule has 0 spiro atoms. The number of hydrogen-bond acceptors (Lipinski definition) is 2. The number of azide groups is 1. The lowest BCUT2D eigenvalue weighted by Gasteiger charge is -2.00. The van der Waals surface area contributed by atoms with Crippen LogP contribution in [0.3, 0.4) is 0 Å². The Morgan fingerprint density at radius 2 is 2.18 bits per heavy atom. The Morgan fingerprint density at radius 1 is 1.29 bits per heavy atom. The van der Waals surface area contributed by atoms with Gasteiger partial charge >= 0.3 is 0 Å². The maximum atomic E-state index is 8.15. The van der Waals surface area contributed by atoms with Crippen LogP contribution in [0.5, 0.6) is 0 Å². The number of nitrogens with zero attached hydrogens (tertiary/aromatic N) is 4. The second-order valence-electron chi connectivity index (χ2n) is 3.60. The van der Waals surface area contributed by atoms with E-state index in [1.54, 1.807) is 0 Å². The normalized spacial score (nSPS) is 10.6. The van der Waals surface area contributed by atoms with Gasteiger partial charge in [0.1, 0.15) is 0 Å². The van der Waals surface area contributed by atoms with Crippen molar-refractivity contribution in [3.63, 3.8) is 0 Å². The van der Waals surface area contributed by atoms with Crippen molar-refractivity contribution in [2.75, 3.05) is 6.54 Å². The summed E-state index contributed by atoms with van der Waals surface area (Å²) in [5.74, 6) is 0. The lowest BCUT2D eigenvalue weighted by atomic mass is 10.1. The summed E-state index contributed by atoms with van der Waals surface area (Å²) < 4.78 is 0. The molecule has 4 heteroatoms. The molecule has 1 heterocycles. The standard InChI is InChI=1S/C13H12N4/c14-17-16-8-4-3-6-12-10-15-9-11-5-1-2-7-13(11)12/h1-3,5-7,9-10H,4,8H2. The van der Waals surface area contributed by atoms with Crippen LogP contribution in [0.4, 0.5) is 0 Å². The van der Waals surface area contributed by atoms with Crippen LogP contribution >= 0.6 is 0 Å². The van der Waals surface area contributed by atoms with Crippen LogP contribution in [0.2, 0.25) is 0 Å². The van der Waals surface area contributed by atoms with Gasteiger partial charge in [-0.15, -0.1) is 0 Å². The number of benzene rings is 1. The first-order valence-corrected chi connectivity index (χ1v) is 5.42. The Balaban J connectivity index is 2.21. The van der Waals surface area contributed by atoms with Crippen LogP contribution in [0.25, 0.3) is 27.3 Å². The van der Waals surface area contributed by atoms with Crippen molar-refractivity contribution in [1.29, 1.82) is 0 Å². The molecule has 0 radical (unpaired) electrons. The minimum Gasteiger partial charge on any atom is -0.263 e. The van der Waals surface area contributed by atoms with Gasteiger partial charge in [-0.1, -0.05) is 41.5 Å². The molecule has 0 unspecified atom stereocenters. The molecule has 2 rings (SSSR count). The highest BCUT2D eigenvalue weighted by atomic mass is 15.1. The largest absolute Gasteiger partial charge is 0.263 e. The average Bonchev–Trinajstić information content (AvgIpc) is 2.39. The van der Waals surface area contributed by atoms with Gasteiger partial charge in [-0.25, -0.2) is 0 Å². The quantitative estimate of drug-likeness (QED) is 0.335. The first kappa shape index (κ1) is 11.2. The Kier molecular flexibility index (Phi) is 3.73. The zero-order valence-corrected chi connectivity index (χ0v) is 9.32. The highest BCUT2D eigenvalue weighted by molar-refractivity contribution is 5.89. The van der Waals surface area contributed by atoms with Gasteiger partial charge in [0.15, 0.2) is 0 Å². The third-order valence-electron chi connectivity index (χ3n) is 2.46. The highest BCUT2D eigenvalue weighted by Gasteiger charge is 1.96. The smallest absolute Gasteiger partial charge is 0.0346 e. The molecular formula is C13H12N4. The summed E-state index contributed by atoms with van der Waals surface area (Å²) in [6, 6.07) is 8.13. The lowest BCUT2D eigenvalue weighted by molar-refractivity contribution is 0.996. The molecule has 4 nitrogen and oxygen atoms in total. The molecule has 0 aliphatic rings. The predicted molar refractivity (Wildman–Crippen MR) is 69.4 cm³/mol. The van der Waals surface area contributed by atoms with Crippen molar-refractivity contribution in [2.45, 2.75) is 6.42 Å². The molecule has 0 aliphatic heterocycles. The van der Waals surface area contributed by atoms with Crippen LogP contribution in [0.1, 0.15) is 12.0 Å². The molecular weight excluding hydrogens is 212 g/mol. The molecule has 0 atom stereocenters. The van der Waals surface area contributed by atoms with Crippen LogP contribution in [0.15, 0.2) is 47.8 Å². The van der Waals surface area contributed by atoms with E-state index in [-0.39, 0.29) is 0 Å². The first-order valence-electron chi connectivity index (χ1n) is 5.42.